The van der Waals surface area contributed by atoms with Gasteiger partial charge in [0.2, 0.25) is 0 Å². The minimum Gasteiger partial charge on any atom is -0.462 e. The van der Waals surface area contributed by atoms with E-state index in [0.717, 1.165) is 83.5 Å². The molecule has 0 spiro atoms. The first kappa shape index (κ1) is 44.3. The number of unbranched alkanes of at least 4 members (excludes halogenated alkanes) is 21. The van der Waals surface area contributed by atoms with E-state index in [-0.39, 0.29) is 31.3 Å². The van der Waals surface area contributed by atoms with Gasteiger partial charge in [-0.05, 0) is 32.1 Å². The zero-order valence-electron chi connectivity index (χ0n) is 29.9. The third-order valence-electron chi connectivity index (χ3n) is 8.47. The summed E-state index contributed by atoms with van der Waals surface area (Å²) in [6, 6.07) is 0. The molecular weight excluding hydrogens is 580 g/mol. The molecule has 0 heterocycles. The Bertz CT molecular complexity index is 721. The maximum absolute atomic E-state index is 12.2. The van der Waals surface area contributed by atoms with Gasteiger partial charge in [0, 0.05) is 12.8 Å². The SMILES string of the molecule is CCCCCCCCCCCCCCCCCC(=O)OCC(CO)OC(=O)CCCCCCC/C=C/C=C/C(CCCCC)OO. The molecule has 7 nitrogen and oxygen atoms in total. The van der Waals surface area contributed by atoms with Crippen LogP contribution in [-0.4, -0.2) is 47.7 Å². The molecule has 7 heteroatoms. The number of carbonyl (C=O) groups excluding carboxylic acids is 2. The van der Waals surface area contributed by atoms with Crippen LogP contribution >= 0.6 is 0 Å². The van der Waals surface area contributed by atoms with Gasteiger partial charge in [0.25, 0.3) is 0 Å². The summed E-state index contributed by atoms with van der Waals surface area (Å²) in [5.41, 5.74) is 0. The number of rotatable bonds is 35. The lowest BCUT2D eigenvalue weighted by Crippen LogP contribution is -2.28. The molecule has 46 heavy (non-hydrogen) atoms. The predicted octanol–water partition coefficient (Wildman–Crippen LogP) is 11.0. The van der Waals surface area contributed by atoms with E-state index in [0.29, 0.717) is 12.8 Å². The second kappa shape index (κ2) is 36.1. The van der Waals surface area contributed by atoms with E-state index in [2.05, 4.69) is 24.8 Å². The van der Waals surface area contributed by atoms with Crippen LogP contribution in [0.1, 0.15) is 187 Å². The van der Waals surface area contributed by atoms with Gasteiger partial charge in [-0.2, -0.15) is 0 Å². The number of aliphatic hydroxyl groups excluding tert-OH is 1. The third-order valence-corrected chi connectivity index (χ3v) is 8.47. The molecule has 0 aromatic carbocycles. The fraction of sp³-hybridized carbons (Fsp3) is 0.846. The zero-order valence-corrected chi connectivity index (χ0v) is 29.9. The second-order valence-corrected chi connectivity index (χ2v) is 12.9. The van der Waals surface area contributed by atoms with Crippen LogP contribution in [0.15, 0.2) is 24.3 Å². The van der Waals surface area contributed by atoms with Crippen molar-refractivity contribution in [2.75, 3.05) is 13.2 Å². The molecule has 0 amide bonds. The molecule has 2 N–H and O–H groups in total. The van der Waals surface area contributed by atoms with Crippen LogP contribution in [0.3, 0.4) is 0 Å². The highest BCUT2D eigenvalue weighted by Gasteiger charge is 2.16. The molecule has 0 aromatic rings. The molecule has 0 saturated carbocycles. The molecule has 0 fully saturated rings. The number of hydrogen-bond donors (Lipinski definition) is 2. The molecule has 2 atom stereocenters. The fourth-order valence-electron chi connectivity index (χ4n) is 5.47. The van der Waals surface area contributed by atoms with Crippen molar-refractivity contribution in [3.63, 3.8) is 0 Å². The first-order valence-corrected chi connectivity index (χ1v) is 19.2. The lowest BCUT2D eigenvalue weighted by Gasteiger charge is -2.15. The van der Waals surface area contributed by atoms with E-state index in [1.54, 1.807) is 0 Å². The summed E-state index contributed by atoms with van der Waals surface area (Å²) < 4.78 is 10.6. The number of esters is 2. The van der Waals surface area contributed by atoms with Crippen LogP contribution in [0.25, 0.3) is 0 Å². The van der Waals surface area contributed by atoms with Crippen molar-refractivity contribution in [1.29, 1.82) is 0 Å². The van der Waals surface area contributed by atoms with Crippen molar-refractivity contribution >= 4 is 11.9 Å². The molecular formula is C39H72O7. The van der Waals surface area contributed by atoms with Crippen LogP contribution in [0.2, 0.25) is 0 Å². The molecule has 0 aliphatic heterocycles. The summed E-state index contributed by atoms with van der Waals surface area (Å²) in [6.45, 7) is 3.97. The van der Waals surface area contributed by atoms with Crippen molar-refractivity contribution in [1.82, 2.24) is 0 Å². The average Bonchev–Trinajstić information content (AvgIpc) is 3.06. The summed E-state index contributed by atoms with van der Waals surface area (Å²) >= 11 is 0. The topological polar surface area (TPSA) is 102 Å². The van der Waals surface area contributed by atoms with Gasteiger partial charge < -0.3 is 14.6 Å². The molecule has 0 radical (unpaired) electrons. The Morgan fingerprint density at radius 1 is 0.609 bits per heavy atom. The highest BCUT2D eigenvalue weighted by Crippen LogP contribution is 2.14. The molecule has 0 saturated heterocycles. The largest absolute Gasteiger partial charge is 0.462 e. The molecule has 0 aliphatic carbocycles. The first-order chi connectivity index (χ1) is 22.6. The summed E-state index contributed by atoms with van der Waals surface area (Å²) in [7, 11) is 0. The minimum absolute atomic E-state index is 0.0882. The van der Waals surface area contributed by atoms with E-state index < -0.39 is 6.10 Å². The van der Waals surface area contributed by atoms with Gasteiger partial charge in [-0.15, -0.1) is 0 Å². The van der Waals surface area contributed by atoms with Gasteiger partial charge in [0.1, 0.15) is 12.7 Å². The number of allylic oxidation sites excluding steroid dienone is 3. The Morgan fingerprint density at radius 3 is 1.61 bits per heavy atom. The standard InChI is InChI=1S/C39H72O7/c1-3-5-7-8-9-10-11-12-13-14-15-18-21-24-28-32-38(41)44-35-37(34-40)45-39(42)33-29-25-22-19-16-17-20-23-27-31-36(46-43)30-26-6-4-2/h20,23,27,31,36-37,40,43H,3-19,21-22,24-26,28-30,32-35H2,1-2H3/b23-20+,31-27+. The molecule has 2 unspecified atom stereocenters. The normalized spacial score (nSPS) is 13.0. The van der Waals surface area contributed by atoms with Crippen LogP contribution in [-0.2, 0) is 24.0 Å². The van der Waals surface area contributed by atoms with Crippen molar-refractivity contribution < 1.29 is 34.3 Å². The van der Waals surface area contributed by atoms with Gasteiger partial charge >= 0.3 is 11.9 Å². The summed E-state index contributed by atoms with van der Waals surface area (Å²) in [5, 5.41) is 18.5. The second-order valence-electron chi connectivity index (χ2n) is 12.9. The van der Waals surface area contributed by atoms with Crippen molar-refractivity contribution in [3.8, 4) is 0 Å². The highest BCUT2D eigenvalue weighted by atomic mass is 17.1. The highest BCUT2D eigenvalue weighted by molar-refractivity contribution is 5.70. The van der Waals surface area contributed by atoms with Crippen molar-refractivity contribution in [3.05, 3.63) is 24.3 Å². The predicted molar refractivity (Wildman–Crippen MR) is 190 cm³/mol. The first-order valence-electron chi connectivity index (χ1n) is 19.2. The van der Waals surface area contributed by atoms with Gasteiger partial charge in [-0.25, -0.2) is 4.89 Å². The number of ether oxygens (including phenoxy) is 2. The van der Waals surface area contributed by atoms with Crippen LogP contribution in [0, 0.1) is 0 Å². The Kier molecular flexibility index (Phi) is 34.8. The fourth-order valence-corrected chi connectivity index (χ4v) is 5.47. The quantitative estimate of drug-likeness (QED) is 0.0231. The van der Waals surface area contributed by atoms with Crippen LogP contribution < -0.4 is 0 Å². The third kappa shape index (κ3) is 32.2. The lowest BCUT2D eigenvalue weighted by molar-refractivity contribution is -0.267. The number of carbonyl (C=O) groups is 2. The molecule has 0 aliphatic rings. The van der Waals surface area contributed by atoms with Crippen LogP contribution in [0.4, 0.5) is 0 Å². The van der Waals surface area contributed by atoms with Gasteiger partial charge in [0.05, 0.1) is 6.61 Å². The monoisotopic (exact) mass is 653 g/mol. The molecule has 0 aromatic heterocycles. The van der Waals surface area contributed by atoms with E-state index in [9.17, 15) is 14.7 Å². The van der Waals surface area contributed by atoms with Gasteiger partial charge in [-0.3, -0.25) is 14.8 Å². The zero-order chi connectivity index (χ0) is 33.8. The Labute approximate surface area is 282 Å². The number of hydrogen-bond acceptors (Lipinski definition) is 7. The lowest BCUT2D eigenvalue weighted by atomic mass is 10.0. The summed E-state index contributed by atoms with van der Waals surface area (Å²) in [6.07, 6.45) is 36.9. The Morgan fingerprint density at radius 2 is 1.09 bits per heavy atom. The maximum Gasteiger partial charge on any atom is 0.306 e. The van der Waals surface area contributed by atoms with E-state index >= 15 is 0 Å². The van der Waals surface area contributed by atoms with Gasteiger partial charge in [-0.1, -0.05) is 167 Å². The average molecular weight is 653 g/mol. The summed E-state index contributed by atoms with van der Waals surface area (Å²) in [5.74, 6) is -0.645. The molecule has 0 rings (SSSR count). The minimum atomic E-state index is -0.797. The van der Waals surface area contributed by atoms with E-state index in [1.807, 2.05) is 18.2 Å². The van der Waals surface area contributed by atoms with Crippen LogP contribution in [0.5, 0.6) is 0 Å². The van der Waals surface area contributed by atoms with Crippen molar-refractivity contribution in [2.45, 2.75) is 199 Å². The van der Waals surface area contributed by atoms with Gasteiger partial charge in [0.15, 0.2) is 6.10 Å². The van der Waals surface area contributed by atoms with E-state index in [1.165, 1.54) is 77.0 Å². The molecule has 0 bridgehead atoms. The number of aliphatic hydroxyl groups is 1. The summed E-state index contributed by atoms with van der Waals surface area (Å²) in [4.78, 5) is 28.7. The Hall–Kier alpha value is -1.70. The molecule has 270 valence electrons. The Balaban J connectivity index is 3.65. The van der Waals surface area contributed by atoms with Crippen molar-refractivity contribution in [2.24, 2.45) is 0 Å². The maximum atomic E-state index is 12.2. The smallest absolute Gasteiger partial charge is 0.306 e. The van der Waals surface area contributed by atoms with E-state index in [4.69, 9.17) is 14.7 Å².